The van der Waals surface area contributed by atoms with Crippen LogP contribution in [0.5, 0.6) is 23.0 Å². The van der Waals surface area contributed by atoms with E-state index >= 15 is 0 Å². The van der Waals surface area contributed by atoms with Gasteiger partial charge in [0.25, 0.3) is 0 Å². The van der Waals surface area contributed by atoms with E-state index in [2.05, 4.69) is 58.5 Å². The molecule has 0 aliphatic rings. The number of aromatic nitrogens is 5. The van der Waals surface area contributed by atoms with Crippen molar-refractivity contribution in [2.24, 2.45) is 0 Å². The largest absolute Gasteiger partial charge is 2.00 e. The Bertz CT molecular complexity index is 2780. The van der Waals surface area contributed by atoms with E-state index in [9.17, 15) is 0 Å². The molecule has 56 heavy (non-hydrogen) atoms. The summed E-state index contributed by atoms with van der Waals surface area (Å²) in [4.78, 5) is 19.8. The second kappa shape index (κ2) is 16.1. The zero-order valence-corrected chi connectivity index (χ0v) is 34.4. The van der Waals surface area contributed by atoms with Crippen LogP contribution in [0.25, 0.3) is 70.8 Å². The molecular weight excluding hydrogens is 1080 g/mol. The minimum atomic E-state index is 0. The maximum atomic E-state index is 6.36. The molecule has 10 heteroatoms. The van der Waals surface area contributed by atoms with Crippen LogP contribution in [-0.2, 0) is 42.1 Å². The van der Waals surface area contributed by atoms with E-state index in [-0.39, 0.29) is 42.1 Å². The van der Waals surface area contributed by atoms with Gasteiger partial charge in [0, 0.05) is 62.9 Å². The van der Waals surface area contributed by atoms with Crippen LogP contribution in [0.4, 0.5) is 0 Å². The number of rotatable bonds is 8. The summed E-state index contributed by atoms with van der Waals surface area (Å²) in [5, 5.41) is 3.07. The molecule has 272 valence electrons. The average Bonchev–Trinajstić information content (AvgIpc) is 3.81. The summed E-state index contributed by atoms with van der Waals surface area (Å²) in [6.07, 6.45) is 7.25. The molecule has 10 rings (SSSR count). The van der Waals surface area contributed by atoms with Gasteiger partial charge in [0.2, 0.25) is 5.95 Å². The number of pyridine rings is 2. The summed E-state index contributed by atoms with van der Waals surface area (Å²) in [5.74, 6) is 2.59. The Morgan fingerprint density at radius 3 is 1.57 bits per heavy atom. The molecule has 0 aliphatic carbocycles. The van der Waals surface area contributed by atoms with Gasteiger partial charge in [-0.15, -0.1) is 83.1 Å². The van der Waals surface area contributed by atoms with Crippen LogP contribution in [0.15, 0.2) is 152 Å². The van der Waals surface area contributed by atoms with Crippen molar-refractivity contribution >= 4 is 43.2 Å². The molecule has 0 radical (unpaired) electrons. The molecule has 5 aromatic carbocycles. The maximum Gasteiger partial charge on any atom is 2.00 e. The number of thiophene rings is 1. The summed E-state index contributed by atoms with van der Waals surface area (Å²) in [7, 11) is 0. The van der Waals surface area contributed by atoms with Crippen LogP contribution in [0.1, 0.15) is 0 Å². The van der Waals surface area contributed by atoms with Crippen molar-refractivity contribution in [2.45, 2.75) is 0 Å². The summed E-state index contributed by atoms with van der Waals surface area (Å²) in [6, 6.07) is 55.1. The van der Waals surface area contributed by atoms with Gasteiger partial charge in [0.05, 0.1) is 0 Å². The fourth-order valence-electron chi connectivity index (χ4n) is 6.43. The fourth-order valence-corrected chi connectivity index (χ4v) is 7.47. The van der Waals surface area contributed by atoms with Crippen molar-refractivity contribution < 1.29 is 51.6 Å². The minimum absolute atomic E-state index is 0. The first-order valence-corrected chi connectivity index (χ1v) is 18.0. The van der Waals surface area contributed by atoms with E-state index in [1.807, 2.05) is 120 Å². The van der Waals surface area contributed by atoms with Crippen molar-refractivity contribution in [1.82, 2.24) is 24.5 Å². The molecule has 0 N–H and O–H groups in total. The van der Waals surface area contributed by atoms with E-state index in [1.165, 1.54) is 10.1 Å². The standard InChI is InChI=1S/C46H25N5O2S.2Pt/c1-2-16-44-32(9-1)25-45(54-44)33-28-49-46(50-29-33)51-42-26-36(52-34-12-7-10-30(23-34)40-14-3-5-21-47-40)17-19-38(42)39-20-18-37(27-43(39)51)53-35-13-8-11-31(24-35)41-15-4-6-22-48-41;;/h1-22,25,28-29H;;/q-4;2*+2. The predicted molar refractivity (Wildman–Crippen MR) is 212 cm³/mol. The number of benzene rings is 5. The molecule has 0 unspecified atom stereocenters. The van der Waals surface area contributed by atoms with Gasteiger partial charge >= 0.3 is 42.1 Å². The predicted octanol–water partition coefficient (Wildman–Crippen LogP) is 11.4. The van der Waals surface area contributed by atoms with Gasteiger partial charge in [0.1, 0.15) is 0 Å². The van der Waals surface area contributed by atoms with Gasteiger partial charge in [-0.2, -0.15) is 22.9 Å². The molecule has 0 atom stereocenters. The monoisotopic (exact) mass is 1100 g/mol. The quantitative estimate of drug-likeness (QED) is 0.141. The maximum absolute atomic E-state index is 6.36. The van der Waals surface area contributed by atoms with Crippen LogP contribution in [0.3, 0.4) is 0 Å². The third kappa shape index (κ3) is 7.32. The van der Waals surface area contributed by atoms with E-state index in [4.69, 9.17) is 19.4 Å². The number of hydrogen-bond donors (Lipinski definition) is 0. The van der Waals surface area contributed by atoms with Gasteiger partial charge in [-0.3, -0.25) is 0 Å². The fraction of sp³-hybridized carbons (Fsp3) is 0. The number of hydrogen-bond acceptors (Lipinski definition) is 7. The first-order valence-electron chi connectivity index (χ1n) is 17.2. The van der Waals surface area contributed by atoms with Crippen molar-refractivity contribution in [2.75, 3.05) is 0 Å². The molecule has 0 amide bonds. The van der Waals surface area contributed by atoms with Crippen LogP contribution in [0.2, 0.25) is 0 Å². The molecule has 0 fully saturated rings. The summed E-state index contributed by atoms with van der Waals surface area (Å²) in [5.41, 5.74) is 5.70. The van der Waals surface area contributed by atoms with Gasteiger partial charge in [-0.05, 0) is 41.0 Å². The van der Waals surface area contributed by atoms with Crippen LogP contribution in [-0.4, -0.2) is 24.5 Å². The minimum Gasteiger partial charge on any atom is -0.503 e. The van der Waals surface area contributed by atoms with Crippen LogP contribution in [0, 0.1) is 24.3 Å². The third-order valence-corrected chi connectivity index (χ3v) is 10.1. The molecule has 5 heterocycles. The Morgan fingerprint density at radius 1 is 0.500 bits per heavy atom. The molecule has 10 aromatic rings. The molecule has 0 aliphatic heterocycles. The molecule has 0 saturated heterocycles. The topological polar surface area (TPSA) is 75.0 Å². The summed E-state index contributed by atoms with van der Waals surface area (Å²) < 4.78 is 15.9. The molecule has 0 saturated carbocycles. The van der Waals surface area contributed by atoms with Gasteiger partial charge in [0.15, 0.2) is 0 Å². The molecule has 0 bridgehead atoms. The van der Waals surface area contributed by atoms with E-state index in [1.54, 1.807) is 23.7 Å². The number of ether oxygens (including phenoxy) is 2. The average molecular weight is 1100 g/mol. The van der Waals surface area contributed by atoms with E-state index in [0.29, 0.717) is 28.9 Å². The van der Waals surface area contributed by atoms with Crippen molar-refractivity contribution in [1.29, 1.82) is 0 Å². The van der Waals surface area contributed by atoms with Crippen molar-refractivity contribution in [3.63, 3.8) is 0 Å². The molecular formula is C46H25N5O2Pt2S. The first kappa shape index (κ1) is 37.2. The van der Waals surface area contributed by atoms with Gasteiger partial charge in [-0.25, -0.2) is 9.97 Å². The molecule has 7 nitrogen and oxygen atoms in total. The Kier molecular flexibility index (Phi) is 10.7. The van der Waals surface area contributed by atoms with Crippen LogP contribution < -0.4 is 9.47 Å². The second-order valence-corrected chi connectivity index (χ2v) is 13.5. The zero-order chi connectivity index (χ0) is 35.8. The van der Waals surface area contributed by atoms with Gasteiger partial charge < -0.3 is 24.0 Å². The summed E-state index contributed by atoms with van der Waals surface area (Å²) >= 11 is 1.72. The Hall–Kier alpha value is -5.78. The smallest absolute Gasteiger partial charge is 0.503 e. The van der Waals surface area contributed by atoms with Gasteiger partial charge in [-0.1, -0.05) is 65.6 Å². The third-order valence-electron chi connectivity index (χ3n) is 8.94. The van der Waals surface area contributed by atoms with Crippen molar-refractivity contribution in [3.8, 4) is 61.9 Å². The van der Waals surface area contributed by atoms with Crippen LogP contribution >= 0.6 is 11.3 Å². The first-order chi connectivity index (χ1) is 26.7. The molecule has 5 aromatic heterocycles. The van der Waals surface area contributed by atoms with Crippen molar-refractivity contribution in [3.05, 3.63) is 176 Å². The Balaban J connectivity index is 0.00000220. The molecule has 0 spiro atoms. The van der Waals surface area contributed by atoms with E-state index < -0.39 is 0 Å². The number of fused-ring (bicyclic) bond motifs is 4. The second-order valence-electron chi connectivity index (χ2n) is 12.4. The normalized spacial score (nSPS) is 10.9. The Morgan fingerprint density at radius 2 is 1.04 bits per heavy atom. The SMILES string of the molecule is [Pt+2].[Pt+2].[c-]1c(Oc2[c-]c3c(cc2)c2ccc(Oc4[c-]c(-c5ccccn5)ccc4)[c-]c2n3-c2ncc(-c3cc4ccccc4s3)cn2)cccc1-c1ccccn1. The zero-order valence-electron chi connectivity index (χ0n) is 29.0. The summed E-state index contributed by atoms with van der Waals surface area (Å²) in [6.45, 7) is 0. The van der Waals surface area contributed by atoms with E-state index in [0.717, 1.165) is 54.8 Å². The Labute approximate surface area is 355 Å². The number of nitrogens with zero attached hydrogens (tertiary/aromatic N) is 5.